The molecule has 0 saturated carbocycles. The number of para-hydroxylation sites is 1. The van der Waals surface area contributed by atoms with Gasteiger partial charge < -0.3 is 14.8 Å². The first-order chi connectivity index (χ1) is 11.0. The summed E-state index contributed by atoms with van der Waals surface area (Å²) in [5.74, 6) is 0.605. The second-order valence-electron chi connectivity index (χ2n) is 5.25. The summed E-state index contributed by atoms with van der Waals surface area (Å²) in [6.45, 7) is 4.49. The van der Waals surface area contributed by atoms with Gasteiger partial charge in [-0.05, 0) is 18.1 Å². The minimum atomic E-state index is -0.482. The van der Waals surface area contributed by atoms with Gasteiger partial charge in [0.25, 0.3) is 0 Å². The van der Waals surface area contributed by atoms with Crippen LogP contribution in [-0.2, 0) is 9.59 Å². The lowest BCUT2D eigenvalue weighted by atomic mass is 10.2. The minimum Gasteiger partial charge on any atom is -0.493 e. The molecule has 0 aromatic heterocycles. The fourth-order valence-electron chi connectivity index (χ4n) is 1.75. The molecule has 7 nitrogen and oxygen atoms in total. The standard InChI is InChI=1S/C16H23N3O4/c1-11(2)9-17-14(20)8-15(21)19-18-10-12-6-5-7-13(22-3)16(12)23-4/h5-7,10-11H,8-9H2,1-4H3,(H,17,20)(H,19,21). The summed E-state index contributed by atoms with van der Waals surface area (Å²) in [5, 5.41) is 6.50. The summed E-state index contributed by atoms with van der Waals surface area (Å²) < 4.78 is 10.4. The van der Waals surface area contributed by atoms with Crippen molar-refractivity contribution in [3.05, 3.63) is 23.8 Å². The maximum absolute atomic E-state index is 11.6. The lowest BCUT2D eigenvalue weighted by molar-refractivity contribution is -0.129. The number of nitrogens with zero attached hydrogens (tertiary/aromatic N) is 1. The normalized spacial score (nSPS) is 10.7. The van der Waals surface area contributed by atoms with Crippen LogP contribution in [0.25, 0.3) is 0 Å². The fourth-order valence-corrected chi connectivity index (χ4v) is 1.75. The molecule has 126 valence electrons. The molecule has 0 atom stereocenters. The summed E-state index contributed by atoms with van der Waals surface area (Å²) in [5.41, 5.74) is 2.96. The molecule has 1 rings (SSSR count). The van der Waals surface area contributed by atoms with E-state index in [1.165, 1.54) is 20.4 Å². The smallest absolute Gasteiger partial charge is 0.249 e. The minimum absolute atomic E-state index is 0.265. The molecular weight excluding hydrogens is 298 g/mol. The lowest BCUT2D eigenvalue weighted by Gasteiger charge is -2.09. The van der Waals surface area contributed by atoms with Crippen molar-refractivity contribution in [3.8, 4) is 11.5 Å². The van der Waals surface area contributed by atoms with Crippen molar-refractivity contribution < 1.29 is 19.1 Å². The molecule has 1 aromatic carbocycles. The Morgan fingerprint density at radius 1 is 1.22 bits per heavy atom. The van der Waals surface area contributed by atoms with E-state index in [-0.39, 0.29) is 12.3 Å². The molecule has 2 amide bonds. The summed E-state index contributed by atoms with van der Waals surface area (Å²) in [6.07, 6.45) is 1.17. The van der Waals surface area contributed by atoms with Crippen LogP contribution in [-0.4, -0.2) is 38.8 Å². The summed E-state index contributed by atoms with van der Waals surface area (Å²) in [6, 6.07) is 5.31. The number of hydrogen-bond donors (Lipinski definition) is 2. The van der Waals surface area contributed by atoms with Crippen molar-refractivity contribution in [2.75, 3.05) is 20.8 Å². The number of ether oxygens (including phenoxy) is 2. The molecule has 7 heteroatoms. The Kier molecular flexibility index (Phi) is 7.59. The Bertz CT molecular complexity index is 570. The van der Waals surface area contributed by atoms with Crippen molar-refractivity contribution >= 4 is 18.0 Å². The Labute approximate surface area is 136 Å². The Hall–Kier alpha value is -2.57. The first-order valence-corrected chi connectivity index (χ1v) is 7.27. The maximum atomic E-state index is 11.6. The third-order valence-electron chi connectivity index (χ3n) is 2.85. The first-order valence-electron chi connectivity index (χ1n) is 7.27. The summed E-state index contributed by atoms with van der Waals surface area (Å²) in [4.78, 5) is 23.1. The highest BCUT2D eigenvalue weighted by Crippen LogP contribution is 2.29. The monoisotopic (exact) mass is 321 g/mol. The Balaban J connectivity index is 2.56. The number of benzene rings is 1. The number of hydrazone groups is 1. The highest BCUT2D eigenvalue weighted by atomic mass is 16.5. The van der Waals surface area contributed by atoms with E-state index in [0.29, 0.717) is 29.5 Å². The number of hydrogen-bond acceptors (Lipinski definition) is 5. The number of carbonyl (C=O) groups is 2. The zero-order valence-electron chi connectivity index (χ0n) is 13.9. The Morgan fingerprint density at radius 2 is 1.96 bits per heavy atom. The fraction of sp³-hybridized carbons (Fsp3) is 0.438. The molecule has 0 aliphatic heterocycles. The van der Waals surface area contributed by atoms with Crippen molar-refractivity contribution in [1.29, 1.82) is 0 Å². The van der Waals surface area contributed by atoms with E-state index in [1.54, 1.807) is 18.2 Å². The van der Waals surface area contributed by atoms with Crippen LogP contribution < -0.4 is 20.2 Å². The van der Waals surface area contributed by atoms with Gasteiger partial charge in [-0.1, -0.05) is 19.9 Å². The molecule has 0 spiro atoms. The largest absolute Gasteiger partial charge is 0.493 e. The van der Waals surface area contributed by atoms with Gasteiger partial charge in [0.1, 0.15) is 6.42 Å². The van der Waals surface area contributed by atoms with E-state index in [4.69, 9.17) is 9.47 Å². The van der Waals surface area contributed by atoms with Gasteiger partial charge in [0.2, 0.25) is 11.8 Å². The van der Waals surface area contributed by atoms with E-state index >= 15 is 0 Å². The van der Waals surface area contributed by atoms with E-state index in [1.807, 2.05) is 13.8 Å². The maximum Gasteiger partial charge on any atom is 0.249 e. The quantitative estimate of drug-likeness (QED) is 0.429. The van der Waals surface area contributed by atoms with Crippen LogP contribution in [0.1, 0.15) is 25.8 Å². The van der Waals surface area contributed by atoms with Crippen LogP contribution in [0.5, 0.6) is 11.5 Å². The molecule has 0 saturated heterocycles. The third-order valence-corrected chi connectivity index (χ3v) is 2.85. The molecule has 23 heavy (non-hydrogen) atoms. The Morgan fingerprint density at radius 3 is 2.57 bits per heavy atom. The average molecular weight is 321 g/mol. The van der Waals surface area contributed by atoms with Crippen LogP contribution in [0.4, 0.5) is 0 Å². The van der Waals surface area contributed by atoms with E-state index in [9.17, 15) is 9.59 Å². The van der Waals surface area contributed by atoms with E-state index in [2.05, 4.69) is 15.8 Å². The molecule has 0 fully saturated rings. The van der Waals surface area contributed by atoms with Crippen LogP contribution in [0.3, 0.4) is 0 Å². The van der Waals surface area contributed by atoms with E-state index in [0.717, 1.165) is 0 Å². The van der Waals surface area contributed by atoms with E-state index < -0.39 is 5.91 Å². The van der Waals surface area contributed by atoms with Gasteiger partial charge in [-0.15, -0.1) is 0 Å². The van der Waals surface area contributed by atoms with Crippen LogP contribution in [0.15, 0.2) is 23.3 Å². The molecule has 1 aromatic rings. The molecule has 0 heterocycles. The molecule has 0 aliphatic rings. The highest BCUT2D eigenvalue weighted by Gasteiger charge is 2.10. The van der Waals surface area contributed by atoms with Gasteiger partial charge >= 0.3 is 0 Å². The van der Waals surface area contributed by atoms with Crippen molar-refractivity contribution in [3.63, 3.8) is 0 Å². The molecule has 0 radical (unpaired) electrons. The molecule has 0 bridgehead atoms. The predicted molar refractivity (Wildman–Crippen MR) is 87.7 cm³/mol. The number of carbonyl (C=O) groups excluding carboxylic acids is 2. The van der Waals surface area contributed by atoms with Crippen molar-refractivity contribution in [2.24, 2.45) is 11.0 Å². The van der Waals surface area contributed by atoms with Gasteiger partial charge in [0.15, 0.2) is 11.5 Å². The lowest BCUT2D eigenvalue weighted by Crippen LogP contribution is -2.32. The predicted octanol–water partition coefficient (Wildman–Crippen LogP) is 1.32. The second-order valence-corrected chi connectivity index (χ2v) is 5.25. The first kappa shape index (κ1) is 18.5. The van der Waals surface area contributed by atoms with Gasteiger partial charge in [0, 0.05) is 12.1 Å². The van der Waals surface area contributed by atoms with Crippen LogP contribution in [0, 0.1) is 5.92 Å². The molecular formula is C16H23N3O4. The van der Waals surface area contributed by atoms with Gasteiger partial charge in [-0.3, -0.25) is 9.59 Å². The highest BCUT2D eigenvalue weighted by molar-refractivity contribution is 5.97. The van der Waals surface area contributed by atoms with Gasteiger partial charge in [-0.2, -0.15) is 5.10 Å². The van der Waals surface area contributed by atoms with Gasteiger partial charge in [0.05, 0.1) is 20.4 Å². The van der Waals surface area contributed by atoms with Crippen LogP contribution in [0.2, 0.25) is 0 Å². The van der Waals surface area contributed by atoms with Crippen LogP contribution >= 0.6 is 0 Å². The topological polar surface area (TPSA) is 89.0 Å². The molecule has 0 unspecified atom stereocenters. The summed E-state index contributed by atoms with van der Waals surface area (Å²) in [7, 11) is 3.06. The average Bonchev–Trinajstić information content (AvgIpc) is 2.52. The van der Waals surface area contributed by atoms with Gasteiger partial charge in [-0.25, -0.2) is 5.43 Å². The number of nitrogens with one attached hydrogen (secondary N) is 2. The number of amides is 2. The zero-order valence-corrected chi connectivity index (χ0v) is 13.9. The summed E-state index contributed by atoms with van der Waals surface area (Å²) >= 11 is 0. The number of methoxy groups -OCH3 is 2. The second kappa shape index (κ2) is 9.45. The molecule has 2 N–H and O–H groups in total. The van der Waals surface area contributed by atoms with Crippen molar-refractivity contribution in [2.45, 2.75) is 20.3 Å². The number of rotatable bonds is 8. The molecule has 0 aliphatic carbocycles. The van der Waals surface area contributed by atoms with Crippen molar-refractivity contribution in [1.82, 2.24) is 10.7 Å². The third kappa shape index (κ3) is 6.37. The zero-order chi connectivity index (χ0) is 17.2. The SMILES string of the molecule is COc1cccc(C=NNC(=O)CC(=O)NCC(C)C)c1OC.